The minimum absolute atomic E-state index is 0.0131. The van der Waals surface area contributed by atoms with E-state index in [9.17, 15) is 4.79 Å². The molecule has 0 spiro atoms. The van der Waals surface area contributed by atoms with Crippen molar-refractivity contribution in [1.82, 2.24) is 15.2 Å². The number of nitrogens with zero attached hydrogens (tertiary/aromatic N) is 2. The van der Waals surface area contributed by atoms with Crippen molar-refractivity contribution in [3.63, 3.8) is 0 Å². The van der Waals surface area contributed by atoms with E-state index in [0.29, 0.717) is 24.0 Å². The molecular formula is C13H19N3O2. The van der Waals surface area contributed by atoms with Crippen molar-refractivity contribution in [2.45, 2.75) is 25.9 Å². The van der Waals surface area contributed by atoms with Gasteiger partial charge in [-0.3, -0.25) is 4.79 Å². The van der Waals surface area contributed by atoms with Crippen LogP contribution in [0.3, 0.4) is 0 Å². The number of hydrogen-bond acceptors (Lipinski definition) is 4. The molecule has 1 fully saturated rings. The molecule has 2 heterocycles. The number of methoxy groups -OCH3 is 1. The zero-order valence-corrected chi connectivity index (χ0v) is 11.0. The molecule has 0 bridgehead atoms. The fourth-order valence-corrected chi connectivity index (χ4v) is 2.18. The molecule has 18 heavy (non-hydrogen) atoms. The lowest BCUT2D eigenvalue weighted by atomic mass is 10.1. The molecule has 0 radical (unpaired) electrons. The van der Waals surface area contributed by atoms with Gasteiger partial charge >= 0.3 is 0 Å². The van der Waals surface area contributed by atoms with Crippen molar-refractivity contribution >= 4 is 5.91 Å². The standard InChI is InChI=1S/C13H19N3O2/c1-9-8-16(10(2)7-15-9)13(17)11-5-4-6-14-12(11)18-3/h4-6,9-10,15H,7-8H2,1-3H3. The van der Waals surface area contributed by atoms with Gasteiger partial charge in [0, 0.05) is 31.4 Å². The lowest BCUT2D eigenvalue weighted by molar-refractivity contribution is 0.0612. The summed E-state index contributed by atoms with van der Waals surface area (Å²) in [6, 6.07) is 4.01. The number of piperazine rings is 1. The molecular weight excluding hydrogens is 230 g/mol. The van der Waals surface area contributed by atoms with Crippen LogP contribution < -0.4 is 10.1 Å². The highest BCUT2D eigenvalue weighted by Gasteiger charge is 2.29. The van der Waals surface area contributed by atoms with Crippen molar-refractivity contribution in [3.8, 4) is 5.88 Å². The van der Waals surface area contributed by atoms with Crippen LogP contribution in [0.25, 0.3) is 0 Å². The summed E-state index contributed by atoms with van der Waals surface area (Å²) >= 11 is 0. The van der Waals surface area contributed by atoms with E-state index in [1.807, 2.05) is 11.8 Å². The van der Waals surface area contributed by atoms with Gasteiger partial charge in [-0.15, -0.1) is 0 Å². The molecule has 0 saturated carbocycles. The third-order valence-electron chi connectivity index (χ3n) is 3.22. The molecule has 1 aromatic heterocycles. The molecule has 0 aliphatic carbocycles. The van der Waals surface area contributed by atoms with Gasteiger partial charge in [-0.2, -0.15) is 0 Å². The Kier molecular flexibility index (Phi) is 3.81. The van der Waals surface area contributed by atoms with E-state index in [4.69, 9.17) is 4.74 Å². The van der Waals surface area contributed by atoms with Crippen molar-refractivity contribution in [1.29, 1.82) is 0 Å². The predicted molar refractivity (Wildman–Crippen MR) is 68.8 cm³/mol. The van der Waals surface area contributed by atoms with Crippen LogP contribution in [0.15, 0.2) is 18.3 Å². The molecule has 2 unspecified atom stereocenters. The molecule has 5 nitrogen and oxygen atoms in total. The van der Waals surface area contributed by atoms with E-state index < -0.39 is 0 Å². The second kappa shape index (κ2) is 5.35. The summed E-state index contributed by atoms with van der Waals surface area (Å²) in [6.45, 7) is 5.64. The molecule has 0 aromatic carbocycles. The number of carbonyl (C=O) groups is 1. The van der Waals surface area contributed by atoms with Crippen molar-refractivity contribution in [2.24, 2.45) is 0 Å². The first kappa shape index (κ1) is 12.8. The lowest BCUT2D eigenvalue weighted by Crippen LogP contribution is -2.56. The van der Waals surface area contributed by atoms with Crippen LogP contribution in [0.2, 0.25) is 0 Å². The topological polar surface area (TPSA) is 54.5 Å². The van der Waals surface area contributed by atoms with Crippen LogP contribution in [0.5, 0.6) is 5.88 Å². The number of nitrogens with one attached hydrogen (secondary N) is 1. The second-order valence-electron chi connectivity index (χ2n) is 4.68. The Balaban J connectivity index is 2.24. The average Bonchev–Trinajstić information content (AvgIpc) is 2.40. The maximum Gasteiger partial charge on any atom is 0.259 e. The Hall–Kier alpha value is -1.62. The normalized spacial score (nSPS) is 23.8. The minimum Gasteiger partial charge on any atom is -0.480 e. The number of amides is 1. The van der Waals surface area contributed by atoms with E-state index in [2.05, 4.69) is 17.2 Å². The molecule has 1 aliphatic rings. The minimum atomic E-state index is -0.0131. The van der Waals surface area contributed by atoms with Crippen molar-refractivity contribution in [2.75, 3.05) is 20.2 Å². The average molecular weight is 249 g/mol. The van der Waals surface area contributed by atoms with Crippen LogP contribution in [-0.2, 0) is 0 Å². The van der Waals surface area contributed by atoms with E-state index in [1.165, 1.54) is 7.11 Å². The first-order valence-corrected chi connectivity index (χ1v) is 6.17. The van der Waals surface area contributed by atoms with E-state index in [0.717, 1.165) is 6.54 Å². The van der Waals surface area contributed by atoms with Gasteiger partial charge < -0.3 is 15.0 Å². The molecule has 1 aliphatic heterocycles. The Morgan fingerprint density at radius 2 is 2.33 bits per heavy atom. The third-order valence-corrected chi connectivity index (χ3v) is 3.22. The van der Waals surface area contributed by atoms with Gasteiger partial charge in [0.05, 0.1) is 7.11 Å². The third kappa shape index (κ3) is 2.46. The molecule has 1 aromatic rings. The summed E-state index contributed by atoms with van der Waals surface area (Å²) in [5.74, 6) is 0.377. The molecule has 1 N–H and O–H groups in total. The molecule has 2 rings (SSSR count). The summed E-state index contributed by atoms with van der Waals surface area (Å²) in [6.07, 6.45) is 1.62. The summed E-state index contributed by atoms with van der Waals surface area (Å²) in [5, 5.41) is 3.36. The Morgan fingerprint density at radius 3 is 3.06 bits per heavy atom. The highest BCUT2D eigenvalue weighted by Crippen LogP contribution is 2.19. The fraction of sp³-hybridized carbons (Fsp3) is 0.538. The van der Waals surface area contributed by atoms with Crippen LogP contribution in [-0.4, -0.2) is 48.1 Å². The highest BCUT2D eigenvalue weighted by molar-refractivity contribution is 5.96. The summed E-state index contributed by atoms with van der Waals surface area (Å²) < 4.78 is 5.15. The number of carbonyl (C=O) groups excluding carboxylic acids is 1. The second-order valence-corrected chi connectivity index (χ2v) is 4.68. The zero-order valence-electron chi connectivity index (χ0n) is 11.0. The van der Waals surface area contributed by atoms with Gasteiger partial charge in [-0.05, 0) is 26.0 Å². The Labute approximate surface area is 107 Å². The van der Waals surface area contributed by atoms with Crippen LogP contribution in [0.4, 0.5) is 0 Å². The maximum atomic E-state index is 12.5. The van der Waals surface area contributed by atoms with E-state index in [1.54, 1.807) is 18.3 Å². The monoisotopic (exact) mass is 249 g/mol. The maximum absolute atomic E-state index is 12.5. The highest BCUT2D eigenvalue weighted by atomic mass is 16.5. The predicted octanol–water partition coefficient (Wildman–Crippen LogP) is 0.913. The number of aromatic nitrogens is 1. The smallest absolute Gasteiger partial charge is 0.259 e. The number of hydrogen-bond donors (Lipinski definition) is 1. The van der Waals surface area contributed by atoms with Gasteiger partial charge in [0.25, 0.3) is 5.91 Å². The van der Waals surface area contributed by atoms with Crippen LogP contribution in [0, 0.1) is 0 Å². The largest absolute Gasteiger partial charge is 0.480 e. The van der Waals surface area contributed by atoms with Crippen LogP contribution >= 0.6 is 0 Å². The Morgan fingerprint density at radius 1 is 1.56 bits per heavy atom. The SMILES string of the molecule is COc1ncccc1C(=O)N1CC(C)NCC1C. The first-order chi connectivity index (χ1) is 8.63. The summed E-state index contributed by atoms with van der Waals surface area (Å²) in [4.78, 5) is 18.5. The first-order valence-electron chi connectivity index (χ1n) is 6.17. The van der Waals surface area contributed by atoms with Gasteiger partial charge in [-0.1, -0.05) is 0 Å². The quantitative estimate of drug-likeness (QED) is 0.846. The van der Waals surface area contributed by atoms with Gasteiger partial charge in [0.1, 0.15) is 5.56 Å². The molecule has 2 atom stereocenters. The van der Waals surface area contributed by atoms with Gasteiger partial charge in [-0.25, -0.2) is 4.98 Å². The van der Waals surface area contributed by atoms with Crippen LogP contribution in [0.1, 0.15) is 24.2 Å². The summed E-state index contributed by atoms with van der Waals surface area (Å²) in [5.41, 5.74) is 0.529. The van der Waals surface area contributed by atoms with Gasteiger partial charge in [0.2, 0.25) is 5.88 Å². The lowest BCUT2D eigenvalue weighted by Gasteiger charge is -2.37. The molecule has 5 heteroatoms. The van der Waals surface area contributed by atoms with Crippen molar-refractivity contribution < 1.29 is 9.53 Å². The number of rotatable bonds is 2. The number of ether oxygens (including phenoxy) is 1. The molecule has 98 valence electrons. The summed E-state index contributed by atoms with van der Waals surface area (Å²) in [7, 11) is 1.53. The van der Waals surface area contributed by atoms with Crippen molar-refractivity contribution in [3.05, 3.63) is 23.9 Å². The number of pyridine rings is 1. The zero-order chi connectivity index (χ0) is 13.1. The van der Waals surface area contributed by atoms with E-state index in [-0.39, 0.29) is 11.9 Å². The Bertz CT molecular complexity index is 436. The van der Waals surface area contributed by atoms with E-state index >= 15 is 0 Å². The molecule has 1 amide bonds. The molecule has 1 saturated heterocycles. The van der Waals surface area contributed by atoms with Gasteiger partial charge in [0.15, 0.2) is 0 Å². The fourth-order valence-electron chi connectivity index (χ4n) is 2.18.